The molecule has 1 aliphatic heterocycles. The van der Waals surface area contributed by atoms with Crippen molar-refractivity contribution in [2.24, 2.45) is 0 Å². The highest BCUT2D eigenvalue weighted by Gasteiger charge is 2.23. The summed E-state index contributed by atoms with van der Waals surface area (Å²) in [5.74, 6) is 1.56. The first-order valence-corrected chi connectivity index (χ1v) is 5.54. The van der Waals surface area contributed by atoms with Gasteiger partial charge in [0.25, 0.3) is 5.69 Å². The molecular formula is C11H10N4O4. The molecule has 1 aromatic carbocycles. The average Bonchev–Trinajstić information content (AvgIpc) is 3.05. The number of imidazole rings is 1. The van der Waals surface area contributed by atoms with Gasteiger partial charge in [0.2, 0.25) is 6.79 Å². The predicted octanol–water partition coefficient (Wildman–Crippen LogP) is 1.66. The van der Waals surface area contributed by atoms with Crippen LogP contribution in [-0.2, 0) is 6.54 Å². The van der Waals surface area contributed by atoms with Crippen LogP contribution in [0.1, 0.15) is 5.82 Å². The molecule has 0 aliphatic carbocycles. The smallest absolute Gasteiger partial charge is 0.296 e. The van der Waals surface area contributed by atoms with Crippen LogP contribution in [0.2, 0.25) is 0 Å². The van der Waals surface area contributed by atoms with Gasteiger partial charge in [-0.3, -0.25) is 10.1 Å². The molecule has 0 atom stereocenters. The van der Waals surface area contributed by atoms with Gasteiger partial charge in [0, 0.05) is 18.5 Å². The standard InChI is InChI=1S/C11H10N4O4/c16-15(17)8-4-10-9(18-6-19-10)3-7(8)14-5-11-12-1-2-13-11/h1-4,14H,5-6H2,(H,12,13). The second-order valence-electron chi connectivity index (χ2n) is 3.87. The molecule has 1 aliphatic rings. The molecular weight excluding hydrogens is 252 g/mol. The number of rotatable bonds is 4. The van der Waals surface area contributed by atoms with Crippen LogP contribution in [0.15, 0.2) is 24.5 Å². The number of aromatic nitrogens is 2. The van der Waals surface area contributed by atoms with Crippen molar-refractivity contribution in [1.29, 1.82) is 0 Å². The van der Waals surface area contributed by atoms with E-state index < -0.39 is 4.92 Å². The molecule has 0 saturated carbocycles. The minimum atomic E-state index is -0.466. The predicted molar refractivity (Wildman–Crippen MR) is 65.1 cm³/mol. The normalized spacial score (nSPS) is 12.4. The second-order valence-corrected chi connectivity index (χ2v) is 3.87. The van der Waals surface area contributed by atoms with Gasteiger partial charge in [-0.2, -0.15) is 0 Å². The fraction of sp³-hybridized carbons (Fsp3) is 0.182. The Labute approximate surface area is 107 Å². The van der Waals surface area contributed by atoms with Crippen LogP contribution in [0.4, 0.5) is 11.4 Å². The van der Waals surface area contributed by atoms with E-state index in [0.29, 0.717) is 29.6 Å². The SMILES string of the molecule is O=[N+]([O-])c1cc2c(cc1NCc1ncc[nH]1)OCO2. The summed E-state index contributed by atoms with van der Waals surface area (Å²) in [5.41, 5.74) is 0.307. The van der Waals surface area contributed by atoms with Gasteiger partial charge in [0.1, 0.15) is 11.5 Å². The number of nitrogens with zero attached hydrogens (tertiary/aromatic N) is 2. The summed E-state index contributed by atoms with van der Waals surface area (Å²) in [6, 6.07) is 2.91. The lowest BCUT2D eigenvalue weighted by molar-refractivity contribution is -0.384. The van der Waals surface area contributed by atoms with E-state index in [1.807, 2.05) is 0 Å². The Balaban J connectivity index is 1.88. The third-order valence-electron chi connectivity index (χ3n) is 2.69. The zero-order valence-electron chi connectivity index (χ0n) is 9.75. The van der Waals surface area contributed by atoms with Gasteiger partial charge in [-0.05, 0) is 0 Å². The Morgan fingerprint density at radius 2 is 2.21 bits per heavy atom. The fourth-order valence-electron chi connectivity index (χ4n) is 1.80. The summed E-state index contributed by atoms with van der Waals surface area (Å²) in [6.45, 7) is 0.432. The summed E-state index contributed by atoms with van der Waals surface area (Å²) < 4.78 is 10.3. The molecule has 2 heterocycles. The number of nitro groups is 1. The highest BCUT2D eigenvalue weighted by Crippen LogP contribution is 2.40. The summed E-state index contributed by atoms with van der Waals surface area (Å²) in [6.07, 6.45) is 3.30. The van der Waals surface area contributed by atoms with Crippen LogP contribution in [0.25, 0.3) is 0 Å². The molecule has 8 heteroatoms. The van der Waals surface area contributed by atoms with E-state index in [-0.39, 0.29) is 12.5 Å². The number of anilines is 1. The van der Waals surface area contributed by atoms with Gasteiger partial charge >= 0.3 is 0 Å². The molecule has 1 aromatic heterocycles. The number of H-pyrrole nitrogens is 1. The highest BCUT2D eigenvalue weighted by atomic mass is 16.7. The van der Waals surface area contributed by atoms with Crippen molar-refractivity contribution in [2.75, 3.05) is 12.1 Å². The van der Waals surface area contributed by atoms with Gasteiger partial charge in [-0.25, -0.2) is 4.98 Å². The second kappa shape index (κ2) is 4.48. The molecule has 2 N–H and O–H groups in total. The summed E-state index contributed by atoms with van der Waals surface area (Å²) >= 11 is 0. The number of hydrogen-bond acceptors (Lipinski definition) is 6. The van der Waals surface area contributed by atoms with Crippen molar-refractivity contribution in [3.05, 3.63) is 40.5 Å². The van der Waals surface area contributed by atoms with E-state index in [1.54, 1.807) is 18.5 Å². The molecule has 0 fully saturated rings. The van der Waals surface area contributed by atoms with Crippen molar-refractivity contribution >= 4 is 11.4 Å². The summed E-state index contributed by atoms with van der Waals surface area (Å²) in [7, 11) is 0. The Kier molecular flexibility index (Phi) is 2.67. The third-order valence-corrected chi connectivity index (χ3v) is 2.69. The molecule has 2 aromatic rings. The van der Waals surface area contributed by atoms with Gasteiger partial charge in [0.15, 0.2) is 11.5 Å². The molecule has 0 bridgehead atoms. The Morgan fingerprint density at radius 3 is 2.89 bits per heavy atom. The van der Waals surface area contributed by atoms with Crippen molar-refractivity contribution in [1.82, 2.24) is 9.97 Å². The number of benzene rings is 1. The van der Waals surface area contributed by atoms with E-state index in [1.165, 1.54) is 6.07 Å². The Hall–Kier alpha value is -2.77. The molecule has 0 unspecified atom stereocenters. The van der Waals surface area contributed by atoms with Crippen LogP contribution < -0.4 is 14.8 Å². The van der Waals surface area contributed by atoms with Gasteiger partial charge < -0.3 is 19.8 Å². The van der Waals surface area contributed by atoms with Crippen LogP contribution in [0.5, 0.6) is 11.5 Å². The van der Waals surface area contributed by atoms with E-state index >= 15 is 0 Å². The number of ether oxygens (including phenoxy) is 2. The maximum Gasteiger partial charge on any atom is 0.296 e. The minimum absolute atomic E-state index is 0.0594. The molecule has 19 heavy (non-hydrogen) atoms. The Bertz CT molecular complexity index is 611. The van der Waals surface area contributed by atoms with Crippen molar-refractivity contribution in [2.45, 2.75) is 6.54 Å². The van der Waals surface area contributed by atoms with Crippen LogP contribution in [0, 0.1) is 10.1 Å². The van der Waals surface area contributed by atoms with Gasteiger partial charge in [-0.1, -0.05) is 0 Å². The maximum atomic E-state index is 11.0. The summed E-state index contributed by atoms with van der Waals surface area (Å²) in [4.78, 5) is 17.5. The molecule has 0 saturated heterocycles. The minimum Gasteiger partial charge on any atom is -0.454 e. The molecule has 98 valence electrons. The van der Waals surface area contributed by atoms with Gasteiger partial charge in [0.05, 0.1) is 17.5 Å². The van der Waals surface area contributed by atoms with Crippen LogP contribution >= 0.6 is 0 Å². The van der Waals surface area contributed by atoms with Crippen molar-refractivity contribution in [3.63, 3.8) is 0 Å². The highest BCUT2D eigenvalue weighted by molar-refractivity contribution is 5.68. The lowest BCUT2D eigenvalue weighted by Crippen LogP contribution is -2.04. The number of fused-ring (bicyclic) bond motifs is 1. The van der Waals surface area contributed by atoms with E-state index in [0.717, 1.165) is 0 Å². The number of hydrogen-bond donors (Lipinski definition) is 2. The largest absolute Gasteiger partial charge is 0.454 e. The molecule has 3 rings (SSSR count). The van der Waals surface area contributed by atoms with Crippen molar-refractivity contribution < 1.29 is 14.4 Å². The fourth-order valence-corrected chi connectivity index (χ4v) is 1.80. The first-order valence-electron chi connectivity index (χ1n) is 5.54. The molecule has 0 spiro atoms. The lowest BCUT2D eigenvalue weighted by atomic mass is 10.2. The number of aromatic amines is 1. The molecule has 0 amide bonds. The van der Waals surface area contributed by atoms with E-state index in [2.05, 4.69) is 15.3 Å². The topological polar surface area (TPSA) is 102 Å². The van der Waals surface area contributed by atoms with Gasteiger partial charge in [-0.15, -0.1) is 0 Å². The average molecular weight is 262 g/mol. The van der Waals surface area contributed by atoms with Crippen LogP contribution in [-0.4, -0.2) is 21.7 Å². The zero-order valence-corrected chi connectivity index (χ0v) is 9.75. The number of nitrogens with one attached hydrogen (secondary N) is 2. The first-order chi connectivity index (χ1) is 9.24. The zero-order chi connectivity index (χ0) is 13.2. The quantitative estimate of drug-likeness (QED) is 0.641. The third kappa shape index (κ3) is 2.15. The number of nitro benzene ring substituents is 1. The van der Waals surface area contributed by atoms with Crippen molar-refractivity contribution in [3.8, 4) is 11.5 Å². The maximum absolute atomic E-state index is 11.0. The first kappa shape index (κ1) is 11.3. The van der Waals surface area contributed by atoms with E-state index in [4.69, 9.17) is 9.47 Å². The van der Waals surface area contributed by atoms with Crippen LogP contribution in [0.3, 0.4) is 0 Å². The molecule has 0 radical (unpaired) electrons. The monoisotopic (exact) mass is 262 g/mol. The molecule has 8 nitrogen and oxygen atoms in total. The van der Waals surface area contributed by atoms with E-state index in [9.17, 15) is 10.1 Å². The Morgan fingerprint density at radius 1 is 1.42 bits per heavy atom. The lowest BCUT2D eigenvalue weighted by Gasteiger charge is -2.06. The summed E-state index contributed by atoms with van der Waals surface area (Å²) in [5, 5.41) is 14.0.